The largest absolute Gasteiger partial charge is 0.493 e. The number of imide groups is 2. The maximum atomic E-state index is 13.3. The molecule has 0 bridgehead atoms. The van der Waals surface area contributed by atoms with E-state index in [9.17, 15) is 14.4 Å². The topological polar surface area (TPSA) is 84.9 Å². The van der Waals surface area contributed by atoms with Crippen LogP contribution in [0.15, 0.2) is 70.7 Å². The van der Waals surface area contributed by atoms with E-state index in [2.05, 4.69) is 21.2 Å². The SMILES string of the molecule is CCc1ccccc1N1C(=O)NC(=O)/C(=C/c2cc(Br)c(OCc3ccc(Cl)cc3)c(OC)c2)C1=O. The summed E-state index contributed by atoms with van der Waals surface area (Å²) < 4.78 is 12.0. The molecule has 0 atom stereocenters. The van der Waals surface area contributed by atoms with E-state index in [0.29, 0.717) is 38.7 Å². The van der Waals surface area contributed by atoms with E-state index in [1.807, 2.05) is 31.2 Å². The molecule has 36 heavy (non-hydrogen) atoms. The molecule has 1 N–H and O–H groups in total. The van der Waals surface area contributed by atoms with Crippen molar-refractivity contribution in [3.63, 3.8) is 0 Å². The first-order chi connectivity index (χ1) is 17.3. The number of hydrogen-bond donors (Lipinski definition) is 1. The van der Waals surface area contributed by atoms with Gasteiger partial charge in [-0.15, -0.1) is 0 Å². The number of benzene rings is 3. The number of barbiturate groups is 1. The number of anilines is 1. The quantitative estimate of drug-likeness (QED) is 0.282. The Kier molecular flexibility index (Phi) is 7.76. The number of urea groups is 1. The van der Waals surface area contributed by atoms with Gasteiger partial charge in [0.25, 0.3) is 11.8 Å². The number of carbonyl (C=O) groups excluding carboxylic acids is 3. The van der Waals surface area contributed by atoms with Gasteiger partial charge in [0.2, 0.25) is 0 Å². The first kappa shape index (κ1) is 25.5. The van der Waals surface area contributed by atoms with Crippen molar-refractivity contribution >= 4 is 57.1 Å². The lowest BCUT2D eigenvalue weighted by atomic mass is 10.0. The van der Waals surface area contributed by atoms with Gasteiger partial charge in [-0.2, -0.15) is 0 Å². The number of carbonyl (C=O) groups is 3. The van der Waals surface area contributed by atoms with Crippen LogP contribution < -0.4 is 19.7 Å². The minimum Gasteiger partial charge on any atom is -0.493 e. The number of para-hydroxylation sites is 1. The number of nitrogens with zero attached hydrogens (tertiary/aromatic N) is 1. The second kappa shape index (κ2) is 11.0. The maximum absolute atomic E-state index is 13.3. The Morgan fingerprint density at radius 3 is 2.47 bits per heavy atom. The Morgan fingerprint density at radius 1 is 1.06 bits per heavy atom. The van der Waals surface area contributed by atoms with Gasteiger partial charge in [-0.3, -0.25) is 14.9 Å². The van der Waals surface area contributed by atoms with Gasteiger partial charge in [0.05, 0.1) is 17.3 Å². The summed E-state index contributed by atoms with van der Waals surface area (Å²) in [5.74, 6) is -0.614. The molecule has 1 fully saturated rings. The Morgan fingerprint density at radius 2 is 1.78 bits per heavy atom. The Labute approximate surface area is 221 Å². The lowest BCUT2D eigenvalue weighted by molar-refractivity contribution is -0.122. The molecule has 0 aromatic heterocycles. The predicted molar refractivity (Wildman–Crippen MR) is 141 cm³/mol. The predicted octanol–water partition coefficient (Wildman–Crippen LogP) is 5.92. The van der Waals surface area contributed by atoms with Crippen molar-refractivity contribution in [2.75, 3.05) is 12.0 Å². The Balaban J connectivity index is 1.65. The van der Waals surface area contributed by atoms with Crippen LogP contribution in [-0.4, -0.2) is 25.0 Å². The van der Waals surface area contributed by atoms with Crippen molar-refractivity contribution < 1.29 is 23.9 Å². The number of amides is 4. The van der Waals surface area contributed by atoms with Gasteiger partial charge in [-0.05, 0) is 75.4 Å². The second-order valence-electron chi connectivity index (χ2n) is 7.89. The minimum absolute atomic E-state index is 0.177. The third-order valence-electron chi connectivity index (χ3n) is 5.57. The van der Waals surface area contributed by atoms with E-state index in [1.54, 1.807) is 36.4 Å². The number of nitrogens with one attached hydrogen (secondary N) is 1. The van der Waals surface area contributed by atoms with Crippen molar-refractivity contribution in [3.05, 3.63) is 92.4 Å². The summed E-state index contributed by atoms with van der Waals surface area (Å²) in [7, 11) is 1.49. The zero-order valence-corrected chi connectivity index (χ0v) is 21.9. The van der Waals surface area contributed by atoms with Crippen LogP contribution in [0.5, 0.6) is 11.5 Å². The molecule has 7 nitrogen and oxygen atoms in total. The fraction of sp³-hybridized carbons (Fsp3) is 0.148. The smallest absolute Gasteiger partial charge is 0.335 e. The van der Waals surface area contributed by atoms with Crippen molar-refractivity contribution in [2.24, 2.45) is 0 Å². The lowest BCUT2D eigenvalue weighted by Crippen LogP contribution is -2.54. The molecule has 4 rings (SSSR count). The molecule has 1 heterocycles. The molecule has 184 valence electrons. The molecule has 0 unspecified atom stereocenters. The molecule has 0 spiro atoms. The molecule has 1 aliphatic heterocycles. The van der Waals surface area contributed by atoms with Gasteiger partial charge in [-0.1, -0.05) is 48.9 Å². The van der Waals surface area contributed by atoms with Gasteiger partial charge in [-0.25, -0.2) is 9.69 Å². The summed E-state index contributed by atoms with van der Waals surface area (Å²) >= 11 is 9.43. The molecular formula is C27H22BrClN2O5. The molecule has 4 amide bonds. The van der Waals surface area contributed by atoms with Gasteiger partial charge >= 0.3 is 6.03 Å². The number of methoxy groups -OCH3 is 1. The fourth-order valence-corrected chi connectivity index (χ4v) is 4.47. The van der Waals surface area contributed by atoms with Gasteiger partial charge < -0.3 is 9.47 Å². The number of halogens is 2. The third kappa shape index (κ3) is 5.29. The first-order valence-electron chi connectivity index (χ1n) is 11.1. The highest BCUT2D eigenvalue weighted by Gasteiger charge is 2.37. The van der Waals surface area contributed by atoms with E-state index >= 15 is 0 Å². The standard InChI is InChI=1S/C27H22BrClN2O5/c1-3-18-6-4-5-7-22(18)31-26(33)20(25(32)30-27(31)34)12-17-13-21(28)24(23(14-17)35-2)36-15-16-8-10-19(29)11-9-16/h4-14H,3,15H2,1-2H3,(H,30,32,34)/b20-12-. The van der Waals surface area contributed by atoms with E-state index in [-0.39, 0.29) is 12.2 Å². The maximum Gasteiger partial charge on any atom is 0.335 e. The van der Waals surface area contributed by atoms with Crippen LogP contribution in [-0.2, 0) is 22.6 Å². The zero-order chi connectivity index (χ0) is 25.8. The number of rotatable bonds is 7. The fourth-order valence-electron chi connectivity index (χ4n) is 3.77. The first-order valence-corrected chi connectivity index (χ1v) is 12.2. The summed E-state index contributed by atoms with van der Waals surface area (Å²) in [5, 5.41) is 2.89. The summed E-state index contributed by atoms with van der Waals surface area (Å²) in [4.78, 5) is 39.5. The van der Waals surface area contributed by atoms with Crippen molar-refractivity contribution in [2.45, 2.75) is 20.0 Å². The van der Waals surface area contributed by atoms with Crippen LogP contribution in [0.4, 0.5) is 10.5 Å². The van der Waals surface area contributed by atoms with Gasteiger partial charge in [0.1, 0.15) is 12.2 Å². The van der Waals surface area contributed by atoms with Crippen LogP contribution in [0.25, 0.3) is 6.08 Å². The molecule has 0 saturated carbocycles. The summed E-state index contributed by atoms with van der Waals surface area (Å²) in [6.45, 7) is 2.20. The highest BCUT2D eigenvalue weighted by molar-refractivity contribution is 9.10. The van der Waals surface area contributed by atoms with Crippen LogP contribution in [0.2, 0.25) is 5.02 Å². The average Bonchev–Trinajstić information content (AvgIpc) is 2.86. The van der Waals surface area contributed by atoms with Crippen molar-refractivity contribution in [3.8, 4) is 11.5 Å². The monoisotopic (exact) mass is 568 g/mol. The summed E-state index contributed by atoms with van der Waals surface area (Å²) in [6, 6.07) is 16.9. The molecule has 1 aliphatic rings. The highest BCUT2D eigenvalue weighted by atomic mass is 79.9. The van der Waals surface area contributed by atoms with E-state index in [0.717, 1.165) is 16.0 Å². The van der Waals surface area contributed by atoms with Crippen LogP contribution in [0, 0.1) is 0 Å². The van der Waals surface area contributed by atoms with Crippen LogP contribution >= 0.6 is 27.5 Å². The highest BCUT2D eigenvalue weighted by Crippen LogP contribution is 2.38. The average molecular weight is 570 g/mol. The molecule has 0 aliphatic carbocycles. The van der Waals surface area contributed by atoms with E-state index in [4.69, 9.17) is 21.1 Å². The molecule has 3 aromatic rings. The normalized spacial score (nSPS) is 14.7. The summed E-state index contributed by atoms with van der Waals surface area (Å²) in [5.41, 5.74) is 2.49. The molecule has 9 heteroatoms. The summed E-state index contributed by atoms with van der Waals surface area (Å²) in [6.07, 6.45) is 2.03. The number of hydrogen-bond acceptors (Lipinski definition) is 5. The van der Waals surface area contributed by atoms with E-state index < -0.39 is 17.8 Å². The molecule has 1 saturated heterocycles. The van der Waals surface area contributed by atoms with Crippen molar-refractivity contribution in [1.29, 1.82) is 0 Å². The lowest BCUT2D eigenvalue weighted by Gasteiger charge is -2.28. The zero-order valence-electron chi connectivity index (χ0n) is 19.5. The number of ether oxygens (including phenoxy) is 2. The molecule has 0 radical (unpaired) electrons. The Bertz CT molecular complexity index is 1370. The van der Waals surface area contributed by atoms with E-state index in [1.165, 1.54) is 13.2 Å². The van der Waals surface area contributed by atoms with Crippen LogP contribution in [0.3, 0.4) is 0 Å². The third-order valence-corrected chi connectivity index (χ3v) is 6.42. The van der Waals surface area contributed by atoms with Gasteiger partial charge in [0.15, 0.2) is 11.5 Å². The number of aryl methyl sites for hydroxylation is 1. The van der Waals surface area contributed by atoms with Crippen molar-refractivity contribution in [1.82, 2.24) is 5.32 Å². The molecule has 3 aromatic carbocycles. The van der Waals surface area contributed by atoms with Crippen LogP contribution in [0.1, 0.15) is 23.6 Å². The Hall–Kier alpha value is -3.62. The van der Waals surface area contributed by atoms with Gasteiger partial charge in [0, 0.05) is 5.02 Å². The second-order valence-corrected chi connectivity index (χ2v) is 9.18. The molecular weight excluding hydrogens is 548 g/mol. The minimum atomic E-state index is -0.784.